The van der Waals surface area contributed by atoms with Crippen LogP contribution in [0.5, 0.6) is 0 Å². The van der Waals surface area contributed by atoms with Crippen LogP contribution in [0.25, 0.3) is 0 Å². The van der Waals surface area contributed by atoms with E-state index < -0.39 is 53.7 Å². The Bertz CT molecular complexity index is 1160. The van der Waals surface area contributed by atoms with Gasteiger partial charge in [-0.25, -0.2) is 9.59 Å². The van der Waals surface area contributed by atoms with Crippen LogP contribution in [0.15, 0.2) is 57.5 Å². The normalized spacial score (nSPS) is 22.4. The second-order valence-corrected chi connectivity index (χ2v) is 11.6. The van der Waals surface area contributed by atoms with E-state index >= 15 is 0 Å². The van der Waals surface area contributed by atoms with Crippen LogP contribution in [0.4, 0.5) is 0 Å². The van der Waals surface area contributed by atoms with Crippen molar-refractivity contribution in [2.45, 2.75) is 57.0 Å². The van der Waals surface area contributed by atoms with Crippen LogP contribution in [0.2, 0.25) is 0 Å². The molecular weight excluding hydrogens is 660 g/mol. The summed E-state index contributed by atoms with van der Waals surface area (Å²) in [5.41, 5.74) is -0.238. The van der Waals surface area contributed by atoms with Crippen molar-refractivity contribution in [1.29, 1.82) is 0 Å². The maximum atomic E-state index is 13.1. The molecule has 9 nitrogen and oxygen atoms in total. The van der Waals surface area contributed by atoms with Gasteiger partial charge in [0.05, 0.1) is 11.1 Å². The Balaban J connectivity index is 1.94. The van der Waals surface area contributed by atoms with Gasteiger partial charge in [-0.3, -0.25) is 9.59 Å². The molecule has 210 valence electrons. The fourth-order valence-corrected chi connectivity index (χ4v) is 5.39. The fraction of sp³-hybridized carbons (Fsp3) is 0.407. The van der Waals surface area contributed by atoms with Crippen LogP contribution < -0.4 is 0 Å². The summed E-state index contributed by atoms with van der Waals surface area (Å²) in [5, 5.41) is 0. The van der Waals surface area contributed by atoms with Crippen LogP contribution in [-0.4, -0.2) is 66.1 Å². The average Bonchev–Trinajstić information content (AvgIpc) is 2.89. The van der Waals surface area contributed by atoms with Gasteiger partial charge < -0.3 is 23.7 Å². The van der Waals surface area contributed by atoms with Crippen LogP contribution in [0.3, 0.4) is 0 Å². The second-order valence-electron chi connectivity index (χ2n) is 8.54. The first kappa shape index (κ1) is 31.1. The van der Waals surface area contributed by atoms with E-state index in [0.29, 0.717) is 11.3 Å². The maximum absolute atomic E-state index is 13.1. The van der Waals surface area contributed by atoms with E-state index in [1.54, 1.807) is 48.5 Å². The van der Waals surface area contributed by atoms with E-state index in [1.165, 1.54) is 25.6 Å². The quantitative estimate of drug-likeness (QED) is 0.240. The number of hydrogen-bond donors (Lipinski definition) is 0. The smallest absolute Gasteiger partial charge is 0.338 e. The monoisotopic (exact) mass is 686 g/mol. The van der Waals surface area contributed by atoms with Gasteiger partial charge >= 0.3 is 23.9 Å². The molecule has 1 aliphatic rings. The zero-order chi connectivity index (χ0) is 28.5. The predicted molar refractivity (Wildman–Crippen MR) is 150 cm³/mol. The molecule has 1 saturated heterocycles. The number of rotatable bonds is 10. The standard InChI is InChI=1S/C27H28Br2O9S/c1-4-13-39-27-24(36-16(3)31)23(35-15(2)30)22(38-26(33)18-7-11-20(29)12-8-18)21(37-27)14-34-25(32)17-5-9-19(28)10-6-17/h5-12,21-24,27H,4,13-14H2,1-3H3/t21-,22-,23+,24-,27+/m1/s1. The molecule has 0 spiro atoms. The predicted octanol–water partition coefficient (Wildman–Crippen LogP) is 5.33. The summed E-state index contributed by atoms with van der Waals surface area (Å²) < 4.78 is 30.2. The van der Waals surface area contributed by atoms with Crippen molar-refractivity contribution in [1.82, 2.24) is 0 Å². The van der Waals surface area contributed by atoms with Crippen molar-refractivity contribution >= 4 is 67.5 Å². The highest BCUT2D eigenvalue weighted by Crippen LogP contribution is 2.35. The number of benzene rings is 2. The SMILES string of the molecule is CCCS[C@@H]1O[C@H](COC(=O)c2ccc(Br)cc2)[C@@H](OC(=O)c2ccc(Br)cc2)[C@H](OC(C)=O)[C@H]1OC(C)=O. The topological polar surface area (TPSA) is 114 Å². The van der Waals surface area contributed by atoms with Crippen molar-refractivity contribution in [2.24, 2.45) is 0 Å². The van der Waals surface area contributed by atoms with Crippen molar-refractivity contribution in [2.75, 3.05) is 12.4 Å². The van der Waals surface area contributed by atoms with Crippen molar-refractivity contribution in [3.05, 3.63) is 68.6 Å². The Labute approximate surface area is 247 Å². The summed E-state index contributed by atoms with van der Waals surface area (Å²) in [5.74, 6) is -1.99. The Kier molecular flexibility index (Phi) is 11.8. The highest BCUT2D eigenvalue weighted by molar-refractivity contribution is 9.10. The molecule has 0 radical (unpaired) electrons. The molecule has 0 aliphatic carbocycles. The molecule has 0 aromatic heterocycles. The Hall–Kier alpha value is -2.41. The van der Waals surface area contributed by atoms with Crippen LogP contribution in [-0.2, 0) is 33.3 Å². The third kappa shape index (κ3) is 9.06. The molecule has 0 amide bonds. The summed E-state index contributed by atoms with van der Waals surface area (Å²) in [4.78, 5) is 50.0. The minimum absolute atomic E-state index is 0.233. The number of hydrogen-bond acceptors (Lipinski definition) is 10. The van der Waals surface area contributed by atoms with Gasteiger partial charge in [0, 0.05) is 22.8 Å². The number of carbonyl (C=O) groups is 4. The molecular formula is C27H28Br2O9S. The third-order valence-electron chi connectivity index (χ3n) is 5.46. The summed E-state index contributed by atoms with van der Waals surface area (Å²) in [7, 11) is 0. The minimum Gasteiger partial charge on any atom is -0.459 e. The zero-order valence-corrected chi connectivity index (χ0v) is 25.5. The molecule has 0 N–H and O–H groups in total. The average molecular weight is 688 g/mol. The van der Waals surface area contributed by atoms with Gasteiger partial charge in [0.15, 0.2) is 18.3 Å². The number of ether oxygens (including phenoxy) is 5. The van der Waals surface area contributed by atoms with E-state index in [9.17, 15) is 19.2 Å². The van der Waals surface area contributed by atoms with Gasteiger partial charge in [0.2, 0.25) is 0 Å². The second kappa shape index (κ2) is 14.8. The molecule has 3 rings (SSSR count). The Morgan fingerprint density at radius 1 is 0.769 bits per heavy atom. The summed E-state index contributed by atoms with van der Waals surface area (Å²) in [6.07, 6.45) is -3.80. The lowest BCUT2D eigenvalue weighted by Gasteiger charge is -2.44. The van der Waals surface area contributed by atoms with Crippen LogP contribution in [0, 0.1) is 0 Å². The van der Waals surface area contributed by atoms with Crippen LogP contribution >= 0.6 is 43.6 Å². The van der Waals surface area contributed by atoms with Gasteiger partial charge in [0.1, 0.15) is 18.1 Å². The molecule has 39 heavy (non-hydrogen) atoms. The van der Waals surface area contributed by atoms with Gasteiger partial charge in [-0.1, -0.05) is 38.8 Å². The third-order valence-corrected chi connectivity index (χ3v) is 7.87. The molecule has 0 saturated carbocycles. The number of halogens is 2. The molecule has 0 unspecified atom stereocenters. The first-order valence-corrected chi connectivity index (χ1v) is 14.7. The molecule has 1 aliphatic heterocycles. The summed E-state index contributed by atoms with van der Waals surface area (Å²) >= 11 is 8.00. The minimum atomic E-state index is -1.26. The number of esters is 4. The van der Waals surface area contributed by atoms with Gasteiger partial charge in [-0.05, 0) is 60.7 Å². The van der Waals surface area contributed by atoms with E-state index in [4.69, 9.17) is 23.7 Å². The van der Waals surface area contributed by atoms with E-state index in [2.05, 4.69) is 31.9 Å². The highest BCUT2D eigenvalue weighted by atomic mass is 79.9. The summed E-state index contributed by atoms with van der Waals surface area (Å²) in [6, 6.07) is 13.1. The Morgan fingerprint density at radius 3 is 1.79 bits per heavy atom. The van der Waals surface area contributed by atoms with Gasteiger partial charge in [-0.15, -0.1) is 11.8 Å². The van der Waals surface area contributed by atoms with E-state index in [1.807, 2.05) is 6.92 Å². The molecule has 1 fully saturated rings. The van der Waals surface area contributed by atoms with Crippen molar-refractivity contribution in [3.63, 3.8) is 0 Å². The molecule has 1 heterocycles. The lowest BCUT2D eigenvalue weighted by molar-refractivity contribution is -0.228. The fourth-order valence-electron chi connectivity index (χ4n) is 3.77. The molecule has 5 atom stereocenters. The highest BCUT2D eigenvalue weighted by Gasteiger charge is 2.52. The molecule has 0 bridgehead atoms. The number of thioether (sulfide) groups is 1. The lowest BCUT2D eigenvalue weighted by atomic mass is 9.99. The molecule has 12 heteroatoms. The van der Waals surface area contributed by atoms with E-state index in [-0.39, 0.29) is 12.2 Å². The maximum Gasteiger partial charge on any atom is 0.338 e. The Morgan fingerprint density at radius 2 is 1.28 bits per heavy atom. The van der Waals surface area contributed by atoms with E-state index in [0.717, 1.165) is 15.4 Å². The lowest BCUT2D eigenvalue weighted by Crippen LogP contribution is -2.61. The molecule has 2 aromatic carbocycles. The van der Waals surface area contributed by atoms with Gasteiger partial charge in [-0.2, -0.15) is 0 Å². The first-order valence-electron chi connectivity index (χ1n) is 12.1. The van der Waals surface area contributed by atoms with Crippen LogP contribution in [0.1, 0.15) is 47.9 Å². The number of carbonyl (C=O) groups excluding carboxylic acids is 4. The zero-order valence-electron chi connectivity index (χ0n) is 21.5. The largest absolute Gasteiger partial charge is 0.459 e. The van der Waals surface area contributed by atoms with Crippen molar-refractivity contribution < 1.29 is 42.9 Å². The van der Waals surface area contributed by atoms with Gasteiger partial charge in [0.25, 0.3) is 0 Å². The summed E-state index contributed by atoms with van der Waals surface area (Å²) in [6.45, 7) is 4.08. The molecule has 2 aromatic rings. The first-order chi connectivity index (χ1) is 18.6. The van der Waals surface area contributed by atoms with Crippen molar-refractivity contribution in [3.8, 4) is 0 Å².